The largest absolute Gasteiger partial charge is 0.506 e. The molecule has 1 saturated heterocycles. The molecule has 1 aliphatic rings. The number of alkyl halides is 1. The zero-order valence-corrected chi connectivity index (χ0v) is 12.6. The summed E-state index contributed by atoms with van der Waals surface area (Å²) in [5, 5.41) is 12.0. The first-order chi connectivity index (χ1) is 9.66. The summed E-state index contributed by atoms with van der Waals surface area (Å²) in [5.41, 5.74) is 0.394. The molecule has 3 rings (SSSR count). The van der Waals surface area contributed by atoms with Crippen molar-refractivity contribution in [3.63, 3.8) is 0 Å². The average molecular weight is 334 g/mol. The molecule has 0 radical (unpaired) electrons. The molecule has 1 fully saturated rings. The van der Waals surface area contributed by atoms with Gasteiger partial charge < -0.3 is 10.0 Å². The second-order valence-corrected chi connectivity index (χ2v) is 6.47. The van der Waals surface area contributed by atoms with Crippen LogP contribution in [0.3, 0.4) is 0 Å². The number of piperidine rings is 1. The lowest BCUT2D eigenvalue weighted by Gasteiger charge is -2.30. The van der Waals surface area contributed by atoms with Crippen molar-refractivity contribution >= 4 is 32.6 Å². The molecule has 1 amide bonds. The summed E-state index contributed by atoms with van der Waals surface area (Å²) in [6.07, 6.45) is 2.09. The Kier molecular flexibility index (Phi) is 3.66. The number of benzene rings is 2. The Morgan fingerprint density at radius 2 is 2.05 bits per heavy atom. The van der Waals surface area contributed by atoms with Gasteiger partial charge in [0.05, 0.1) is 5.56 Å². The molecule has 20 heavy (non-hydrogen) atoms. The topological polar surface area (TPSA) is 40.5 Å². The van der Waals surface area contributed by atoms with Crippen molar-refractivity contribution in [1.82, 2.24) is 4.90 Å². The predicted octanol–water partition coefficient (Wildman–Crippen LogP) is 3.54. The van der Waals surface area contributed by atoms with E-state index in [2.05, 4.69) is 15.9 Å². The first-order valence-corrected chi connectivity index (χ1v) is 7.72. The lowest BCUT2D eigenvalue weighted by Crippen LogP contribution is -2.40. The number of carbonyl (C=O) groups is 1. The lowest BCUT2D eigenvalue weighted by atomic mass is 10.0. The minimum absolute atomic E-state index is 0.0857. The first kappa shape index (κ1) is 13.4. The molecule has 0 aromatic heterocycles. The highest BCUT2D eigenvalue weighted by molar-refractivity contribution is 9.09. The van der Waals surface area contributed by atoms with Gasteiger partial charge in [0.2, 0.25) is 0 Å². The molecular formula is C16H16BrNO2. The Balaban J connectivity index is 1.97. The number of likely N-dealkylation sites (tertiary alicyclic amines) is 1. The third-order valence-corrected chi connectivity index (χ3v) is 4.53. The van der Waals surface area contributed by atoms with Gasteiger partial charge in [-0.3, -0.25) is 4.79 Å². The number of phenolic OH excluding ortho intramolecular Hbond substituents is 1. The van der Waals surface area contributed by atoms with Gasteiger partial charge in [0.1, 0.15) is 5.75 Å². The van der Waals surface area contributed by atoms with E-state index >= 15 is 0 Å². The van der Waals surface area contributed by atoms with E-state index in [1.54, 1.807) is 6.07 Å². The summed E-state index contributed by atoms with van der Waals surface area (Å²) >= 11 is 3.57. The van der Waals surface area contributed by atoms with Gasteiger partial charge in [-0.05, 0) is 24.3 Å². The summed E-state index contributed by atoms with van der Waals surface area (Å²) in [7, 11) is 0. The summed E-state index contributed by atoms with van der Waals surface area (Å²) in [6, 6.07) is 11.2. The van der Waals surface area contributed by atoms with E-state index in [9.17, 15) is 9.90 Å². The molecule has 0 aliphatic carbocycles. The maximum atomic E-state index is 12.6. The second-order valence-electron chi connectivity index (χ2n) is 5.17. The van der Waals surface area contributed by atoms with Gasteiger partial charge in [0.25, 0.3) is 5.91 Å². The Labute approximate surface area is 126 Å². The van der Waals surface area contributed by atoms with Crippen LogP contribution >= 0.6 is 15.9 Å². The van der Waals surface area contributed by atoms with Gasteiger partial charge in [0.15, 0.2) is 0 Å². The van der Waals surface area contributed by atoms with Crippen LogP contribution in [0.15, 0.2) is 36.4 Å². The summed E-state index contributed by atoms with van der Waals surface area (Å²) in [5.74, 6) is 0.00204. The zero-order valence-electron chi connectivity index (χ0n) is 11.1. The van der Waals surface area contributed by atoms with E-state index in [4.69, 9.17) is 0 Å². The van der Waals surface area contributed by atoms with Crippen molar-refractivity contribution in [3.05, 3.63) is 42.0 Å². The molecule has 4 heteroatoms. The number of nitrogens with zero attached hydrogens (tertiary/aromatic N) is 1. The quantitative estimate of drug-likeness (QED) is 0.811. The van der Waals surface area contributed by atoms with Crippen LogP contribution in [0.25, 0.3) is 10.8 Å². The van der Waals surface area contributed by atoms with E-state index < -0.39 is 0 Å². The van der Waals surface area contributed by atoms with E-state index in [1.165, 1.54) is 0 Å². The van der Waals surface area contributed by atoms with Gasteiger partial charge in [-0.25, -0.2) is 0 Å². The molecule has 1 N–H and O–H groups in total. The number of aromatic hydroxyl groups is 1. The molecule has 0 bridgehead atoms. The van der Waals surface area contributed by atoms with Crippen LogP contribution in [-0.2, 0) is 0 Å². The number of rotatable bonds is 1. The van der Waals surface area contributed by atoms with Crippen molar-refractivity contribution in [2.75, 3.05) is 13.1 Å². The minimum atomic E-state index is -0.0857. The monoisotopic (exact) mass is 333 g/mol. The SMILES string of the molecule is O=C(c1ccc2ccccc2c1O)N1CCCC(Br)C1. The minimum Gasteiger partial charge on any atom is -0.506 e. The van der Waals surface area contributed by atoms with Gasteiger partial charge >= 0.3 is 0 Å². The number of halogens is 1. The molecule has 2 aromatic carbocycles. The molecule has 1 aliphatic heterocycles. The van der Waals surface area contributed by atoms with E-state index in [-0.39, 0.29) is 11.7 Å². The smallest absolute Gasteiger partial charge is 0.257 e. The van der Waals surface area contributed by atoms with E-state index in [0.29, 0.717) is 16.9 Å². The fourth-order valence-electron chi connectivity index (χ4n) is 2.71. The van der Waals surface area contributed by atoms with Crippen LogP contribution < -0.4 is 0 Å². The molecule has 0 saturated carbocycles. The fourth-order valence-corrected chi connectivity index (χ4v) is 3.38. The standard InChI is InChI=1S/C16H16BrNO2/c17-12-5-3-9-18(10-12)16(20)14-8-7-11-4-1-2-6-13(11)15(14)19/h1-2,4,6-8,12,19H,3,5,9-10H2. The highest BCUT2D eigenvalue weighted by Crippen LogP contribution is 2.30. The van der Waals surface area contributed by atoms with Crippen LogP contribution in [0.1, 0.15) is 23.2 Å². The van der Waals surface area contributed by atoms with E-state index in [0.717, 1.165) is 30.2 Å². The second kappa shape index (κ2) is 5.44. The number of hydrogen-bond donors (Lipinski definition) is 1. The Hall–Kier alpha value is -1.55. The molecule has 1 heterocycles. The number of fused-ring (bicyclic) bond motifs is 1. The molecule has 104 valence electrons. The highest BCUT2D eigenvalue weighted by atomic mass is 79.9. The van der Waals surface area contributed by atoms with Crippen molar-refractivity contribution in [3.8, 4) is 5.75 Å². The van der Waals surface area contributed by atoms with Crippen molar-refractivity contribution in [2.24, 2.45) is 0 Å². The van der Waals surface area contributed by atoms with Crippen LogP contribution in [0.2, 0.25) is 0 Å². The maximum absolute atomic E-state index is 12.6. The Morgan fingerprint density at radius 3 is 2.85 bits per heavy atom. The highest BCUT2D eigenvalue weighted by Gasteiger charge is 2.25. The summed E-state index contributed by atoms with van der Waals surface area (Å²) < 4.78 is 0. The molecule has 3 nitrogen and oxygen atoms in total. The van der Waals surface area contributed by atoms with Crippen molar-refractivity contribution in [1.29, 1.82) is 0 Å². The van der Waals surface area contributed by atoms with Crippen LogP contribution in [-0.4, -0.2) is 33.8 Å². The van der Waals surface area contributed by atoms with Gasteiger partial charge in [-0.1, -0.05) is 46.3 Å². The zero-order chi connectivity index (χ0) is 14.1. The van der Waals surface area contributed by atoms with Crippen molar-refractivity contribution < 1.29 is 9.90 Å². The number of amides is 1. The van der Waals surface area contributed by atoms with Crippen LogP contribution in [0.4, 0.5) is 0 Å². The molecule has 0 spiro atoms. The van der Waals surface area contributed by atoms with E-state index in [1.807, 2.05) is 35.2 Å². The predicted molar refractivity (Wildman–Crippen MR) is 83.5 cm³/mol. The number of carbonyl (C=O) groups excluding carboxylic acids is 1. The lowest BCUT2D eigenvalue weighted by molar-refractivity contribution is 0.0727. The third-order valence-electron chi connectivity index (χ3n) is 3.78. The molecule has 1 unspecified atom stereocenters. The molecule has 1 atom stereocenters. The first-order valence-electron chi connectivity index (χ1n) is 6.81. The third kappa shape index (κ3) is 2.40. The normalized spacial score (nSPS) is 19.2. The molecule has 2 aromatic rings. The van der Waals surface area contributed by atoms with Gasteiger partial charge in [0, 0.05) is 23.3 Å². The fraction of sp³-hybridized carbons (Fsp3) is 0.312. The number of phenols is 1. The summed E-state index contributed by atoms with van der Waals surface area (Å²) in [4.78, 5) is 14.7. The van der Waals surface area contributed by atoms with Crippen molar-refractivity contribution in [2.45, 2.75) is 17.7 Å². The van der Waals surface area contributed by atoms with Crippen LogP contribution in [0.5, 0.6) is 5.75 Å². The maximum Gasteiger partial charge on any atom is 0.257 e. The van der Waals surface area contributed by atoms with Gasteiger partial charge in [-0.2, -0.15) is 0 Å². The molecular weight excluding hydrogens is 318 g/mol. The van der Waals surface area contributed by atoms with Gasteiger partial charge in [-0.15, -0.1) is 0 Å². The average Bonchev–Trinajstić information content (AvgIpc) is 2.47. The van der Waals surface area contributed by atoms with Crippen LogP contribution in [0, 0.1) is 0 Å². The Morgan fingerprint density at radius 1 is 1.25 bits per heavy atom. The number of hydrogen-bond acceptors (Lipinski definition) is 2. The Bertz CT molecular complexity index is 656. The summed E-state index contributed by atoms with van der Waals surface area (Å²) in [6.45, 7) is 1.46.